The minimum absolute atomic E-state index is 0.283. The molecular weight excluding hydrogens is 154 g/mol. The van der Waals surface area contributed by atoms with Crippen molar-refractivity contribution >= 4 is 5.97 Å². The number of hydrogen-bond acceptors (Lipinski definition) is 2. The van der Waals surface area contributed by atoms with Gasteiger partial charge >= 0.3 is 5.97 Å². The highest BCUT2D eigenvalue weighted by atomic mass is 16.4. The summed E-state index contributed by atoms with van der Waals surface area (Å²) in [5.74, 6) is 0.426. The largest absolute Gasteiger partial charge is 0.481 e. The highest BCUT2D eigenvalue weighted by Gasteiger charge is 2.49. The van der Waals surface area contributed by atoms with Gasteiger partial charge in [-0.25, -0.2) is 0 Å². The Bertz CT molecular complexity index is 183. The molecule has 3 nitrogen and oxygen atoms in total. The van der Waals surface area contributed by atoms with Crippen LogP contribution in [0.3, 0.4) is 0 Å². The van der Waals surface area contributed by atoms with E-state index in [4.69, 9.17) is 10.8 Å². The maximum Gasteiger partial charge on any atom is 0.310 e. The predicted octanol–water partition coefficient (Wildman–Crippen LogP) is 1.08. The van der Waals surface area contributed by atoms with E-state index in [1.165, 1.54) is 0 Å². The van der Waals surface area contributed by atoms with Gasteiger partial charge in [0.05, 0.1) is 5.41 Å². The van der Waals surface area contributed by atoms with Gasteiger partial charge in [0.2, 0.25) is 0 Å². The summed E-state index contributed by atoms with van der Waals surface area (Å²) in [6.07, 6.45) is 1.52. The highest BCUT2D eigenvalue weighted by Crippen LogP contribution is 2.48. The van der Waals surface area contributed by atoms with Crippen LogP contribution in [0.4, 0.5) is 0 Å². The second kappa shape index (κ2) is 3.05. The van der Waals surface area contributed by atoms with E-state index in [9.17, 15) is 4.79 Å². The van der Waals surface area contributed by atoms with Crippen molar-refractivity contribution in [3.05, 3.63) is 0 Å². The summed E-state index contributed by atoms with van der Waals surface area (Å²) in [5, 5.41) is 8.90. The van der Waals surface area contributed by atoms with E-state index < -0.39 is 11.4 Å². The molecule has 0 amide bonds. The smallest absolute Gasteiger partial charge is 0.310 e. The van der Waals surface area contributed by atoms with Gasteiger partial charge in [0.25, 0.3) is 0 Å². The summed E-state index contributed by atoms with van der Waals surface area (Å²) in [6, 6.07) is 0. The molecule has 0 aromatic rings. The second-order valence-corrected chi connectivity index (χ2v) is 4.20. The number of carboxylic acid groups (broad SMARTS) is 1. The summed E-state index contributed by atoms with van der Waals surface area (Å²) in [6.45, 7) is 4.55. The lowest BCUT2D eigenvalue weighted by Crippen LogP contribution is -2.50. The van der Waals surface area contributed by atoms with Gasteiger partial charge in [-0.15, -0.1) is 0 Å². The lowest BCUT2D eigenvalue weighted by Gasteiger charge is -2.45. The molecule has 0 heterocycles. The van der Waals surface area contributed by atoms with Crippen LogP contribution >= 0.6 is 0 Å². The van der Waals surface area contributed by atoms with Crippen molar-refractivity contribution in [2.75, 3.05) is 6.54 Å². The molecule has 0 spiro atoms. The maximum atomic E-state index is 10.8. The van der Waals surface area contributed by atoms with Crippen LogP contribution in [0.2, 0.25) is 0 Å². The molecule has 1 aliphatic carbocycles. The van der Waals surface area contributed by atoms with Gasteiger partial charge in [0.1, 0.15) is 0 Å². The van der Waals surface area contributed by atoms with Crippen molar-refractivity contribution in [3.63, 3.8) is 0 Å². The van der Waals surface area contributed by atoms with E-state index in [-0.39, 0.29) is 6.54 Å². The summed E-state index contributed by atoms with van der Waals surface area (Å²) < 4.78 is 0. The average molecular weight is 171 g/mol. The molecule has 3 N–H and O–H groups in total. The SMILES string of the molecule is CC(C)C1CC(CN)(C(=O)O)C1. The van der Waals surface area contributed by atoms with Crippen LogP contribution in [0, 0.1) is 17.3 Å². The first kappa shape index (κ1) is 9.52. The van der Waals surface area contributed by atoms with Gasteiger partial charge in [0.15, 0.2) is 0 Å². The first-order valence-corrected chi connectivity index (χ1v) is 4.45. The molecule has 0 aliphatic heterocycles. The highest BCUT2D eigenvalue weighted by molar-refractivity contribution is 5.76. The summed E-state index contributed by atoms with van der Waals surface area (Å²) >= 11 is 0. The fraction of sp³-hybridized carbons (Fsp3) is 0.889. The van der Waals surface area contributed by atoms with Crippen molar-refractivity contribution in [2.24, 2.45) is 23.0 Å². The van der Waals surface area contributed by atoms with Gasteiger partial charge in [-0.2, -0.15) is 0 Å². The molecule has 0 aromatic heterocycles. The van der Waals surface area contributed by atoms with Crippen molar-refractivity contribution < 1.29 is 9.90 Å². The zero-order valence-corrected chi connectivity index (χ0v) is 7.71. The monoisotopic (exact) mass is 171 g/mol. The van der Waals surface area contributed by atoms with Gasteiger partial charge in [-0.1, -0.05) is 13.8 Å². The number of carboxylic acids is 1. The third kappa shape index (κ3) is 1.33. The van der Waals surface area contributed by atoms with E-state index in [0.717, 1.165) is 12.8 Å². The van der Waals surface area contributed by atoms with Gasteiger partial charge < -0.3 is 10.8 Å². The minimum Gasteiger partial charge on any atom is -0.481 e. The number of rotatable bonds is 3. The summed E-state index contributed by atoms with van der Waals surface area (Å²) in [5.41, 5.74) is 4.86. The number of hydrogen-bond donors (Lipinski definition) is 2. The lowest BCUT2D eigenvalue weighted by molar-refractivity contribution is -0.158. The van der Waals surface area contributed by atoms with E-state index >= 15 is 0 Å². The van der Waals surface area contributed by atoms with E-state index in [2.05, 4.69) is 13.8 Å². The van der Waals surface area contributed by atoms with E-state index in [0.29, 0.717) is 11.8 Å². The lowest BCUT2D eigenvalue weighted by atomic mass is 9.59. The molecule has 0 aromatic carbocycles. The van der Waals surface area contributed by atoms with Gasteiger partial charge in [-0.3, -0.25) is 4.79 Å². The van der Waals surface area contributed by atoms with Crippen LogP contribution in [-0.4, -0.2) is 17.6 Å². The Morgan fingerprint density at radius 2 is 2.17 bits per heavy atom. The Morgan fingerprint density at radius 1 is 1.67 bits per heavy atom. The molecule has 70 valence electrons. The van der Waals surface area contributed by atoms with Crippen molar-refractivity contribution in [1.82, 2.24) is 0 Å². The molecule has 1 saturated carbocycles. The van der Waals surface area contributed by atoms with Crippen LogP contribution in [-0.2, 0) is 4.79 Å². The molecule has 0 radical (unpaired) electrons. The topological polar surface area (TPSA) is 63.3 Å². The fourth-order valence-corrected chi connectivity index (χ4v) is 1.84. The molecule has 0 saturated heterocycles. The molecule has 12 heavy (non-hydrogen) atoms. The molecule has 0 atom stereocenters. The molecule has 3 heteroatoms. The Kier molecular flexibility index (Phi) is 2.42. The minimum atomic E-state index is -0.720. The number of nitrogens with two attached hydrogens (primary N) is 1. The number of carbonyl (C=O) groups is 1. The van der Waals surface area contributed by atoms with Crippen LogP contribution in [0.1, 0.15) is 26.7 Å². The molecular formula is C9H17NO2. The first-order valence-electron chi connectivity index (χ1n) is 4.45. The molecule has 1 fully saturated rings. The Hall–Kier alpha value is -0.570. The third-order valence-electron chi connectivity index (χ3n) is 3.09. The molecule has 1 rings (SSSR count). The van der Waals surface area contributed by atoms with E-state index in [1.807, 2.05) is 0 Å². The quantitative estimate of drug-likeness (QED) is 0.668. The van der Waals surface area contributed by atoms with Crippen LogP contribution in [0.15, 0.2) is 0 Å². The average Bonchev–Trinajstić information content (AvgIpc) is 1.84. The fourth-order valence-electron chi connectivity index (χ4n) is 1.84. The first-order chi connectivity index (χ1) is 5.52. The van der Waals surface area contributed by atoms with Crippen molar-refractivity contribution in [3.8, 4) is 0 Å². The Balaban J connectivity index is 2.52. The van der Waals surface area contributed by atoms with Crippen molar-refractivity contribution in [2.45, 2.75) is 26.7 Å². The standard InChI is InChI=1S/C9H17NO2/c1-6(2)7-3-9(4-7,5-10)8(11)12/h6-7H,3-5,10H2,1-2H3,(H,11,12). The Labute approximate surface area is 72.9 Å². The Morgan fingerprint density at radius 3 is 2.42 bits per heavy atom. The third-order valence-corrected chi connectivity index (χ3v) is 3.09. The second-order valence-electron chi connectivity index (χ2n) is 4.20. The number of aliphatic carboxylic acids is 1. The normalized spacial score (nSPS) is 34.8. The summed E-state index contributed by atoms with van der Waals surface area (Å²) in [7, 11) is 0. The van der Waals surface area contributed by atoms with Crippen LogP contribution in [0.25, 0.3) is 0 Å². The summed E-state index contributed by atoms with van der Waals surface area (Å²) in [4.78, 5) is 10.8. The predicted molar refractivity (Wildman–Crippen MR) is 46.7 cm³/mol. The zero-order valence-electron chi connectivity index (χ0n) is 7.71. The van der Waals surface area contributed by atoms with Gasteiger partial charge in [0, 0.05) is 6.54 Å². The molecule has 0 bridgehead atoms. The van der Waals surface area contributed by atoms with Gasteiger partial charge in [-0.05, 0) is 24.7 Å². The van der Waals surface area contributed by atoms with E-state index in [1.54, 1.807) is 0 Å². The molecule has 1 aliphatic rings. The zero-order chi connectivity index (χ0) is 9.35. The van der Waals surface area contributed by atoms with Crippen LogP contribution < -0.4 is 5.73 Å². The van der Waals surface area contributed by atoms with Crippen molar-refractivity contribution in [1.29, 1.82) is 0 Å². The molecule has 0 unspecified atom stereocenters. The van der Waals surface area contributed by atoms with Crippen LogP contribution in [0.5, 0.6) is 0 Å². The maximum absolute atomic E-state index is 10.8.